The molecule has 2 rings (SSSR count). The minimum atomic E-state index is -0.000470. The lowest BCUT2D eigenvalue weighted by atomic mass is 9.82. The Balaban J connectivity index is 2.15. The van der Waals surface area contributed by atoms with Gasteiger partial charge in [-0.25, -0.2) is 0 Å². The molecule has 0 aliphatic rings. The second kappa shape index (κ2) is 10.5. The summed E-state index contributed by atoms with van der Waals surface area (Å²) >= 11 is 18.6. The van der Waals surface area contributed by atoms with Gasteiger partial charge in [0.25, 0.3) is 0 Å². The topological polar surface area (TPSA) is 30.5 Å². The molecule has 0 unspecified atom stereocenters. The van der Waals surface area contributed by atoms with Gasteiger partial charge in [-0.3, -0.25) is 0 Å². The fourth-order valence-electron chi connectivity index (χ4n) is 3.64. The van der Waals surface area contributed by atoms with Gasteiger partial charge in [0.15, 0.2) is 11.5 Å². The lowest BCUT2D eigenvalue weighted by molar-refractivity contribution is 0.240. The minimum absolute atomic E-state index is 0.000470. The summed E-state index contributed by atoms with van der Waals surface area (Å²) in [6, 6.07) is 9.32. The van der Waals surface area contributed by atoms with E-state index in [1.54, 1.807) is 12.1 Å². The summed E-state index contributed by atoms with van der Waals surface area (Å²) in [7, 11) is 0. The molecule has 0 amide bonds. The maximum absolute atomic E-state index is 6.57. The van der Waals surface area contributed by atoms with Crippen LogP contribution in [0.25, 0.3) is 0 Å². The Kier molecular flexibility index (Phi) is 8.76. The van der Waals surface area contributed by atoms with Crippen molar-refractivity contribution in [2.75, 3.05) is 6.61 Å². The molecular weight excluding hydrogens is 441 g/mol. The molecule has 2 aromatic carbocycles. The molecule has 3 nitrogen and oxygen atoms in total. The second-order valence-corrected chi connectivity index (χ2v) is 10.6. The summed E-state index contributed by atoms with van der Waals surface area (Å²) in [6.07, 6.45) is 1.05. The average Bonchev–Trinajstić information content (AvgIpc) is 2.60. The first-order valence-electron chi connectivity index (χ1n) is 10.2. The maximum atomic E-state index is 6.57. The van der Waals surface area contributed by atoms with Gasteiger partial charge in [0, 0.05) is 12.1 Å². The predicted octanol–water partition coefficient (Wildman–Crippen LogP) is 7.93. The molecule has 0 bridgehead atoms. The van der Waals surface area contributed by atoms with Crippen molar-refractivity contribution in [2.45, 2.75) is 66.7 Å². The smallest absolute Gasteiger partial charge is 0.180 e. The first kappa shape index (κ1) is 25.1. The molecule has 0 radical (unpaired) electrons. The van der Waals surface area contributed by atoms with Crippen LogP contribution in [0.1, 0.15) is 59.1 Å². The van der Waals surface area contributed by atoms with Crippen LogP contribution in [0.15, 0.2) is 30.3 Å². The van der Waals surface area contributed by atoms with Gasteiger partial charge in [-0.2, -0.15) is 0 Å². The summed E-state index contributed by atoms with van der Waals surface area (Å²) in [4.78, 5) is 0. The predicted molar refractivity (Wildman–Crippen MR) is 128 cm³/mol. The van der Waals surface area contributed by atoms with E-state index in [4.69, 9.17) is 44.3 Å². The summed E-state index contributed by atoms with van der Waals surface area (Å²) in [5.74, 6) is 1.16. The SMILES string of the molecule is CCOc1cc(CNC(C)(C)CC(C)(C)C)cc(Cl)c1OCc1ccc(Cl)c(Cl)c1. The number of hydrogen-bond acceptors (Lipinski definition) is 3. The van der Waals surface area contributed by atoms with E-state index in [0.29, 0.717) is 46.3 Å². The van der Waals surface area contributed by atoms with Crippen LogP contribution in [0.2, 0.25) is 15.1 Å². The molecule has 30 heavy (non-hydrogen) atoms. The third-order valence-electron chi connectivity index (χ3n) is 4.48. The minimum Gasteiger partial charge on any atom is -0.490 e. The Labute approximate surface area is 196 Å². The summed E-state index contributed by atoms with van der Waals surface area (Å²) in [5.41, 5.74) is 2.19. The van der Waals surface area contributed by atoms with E-state index in [0.717, 1.165) is 17.5 Å². The molecule has 2 aromatic rings. The Morgan fingerprint density at radius 3 is 2.10 bits per heavy atom. The van der Waals surface area contributed by atoms with E-state index in [2.05, 4.69) is 39.9 Å². The maximum Gasteiger partial charge on any atom is 0.180 e. The fourth-order valence-corrected chi connectivity index (χ4v) is 4.25. The zero-order chi connectivity index (χ0) is 22.5. The lowest BCUT2D eigenvalue weighted by Gasteiger charge is -2.33. The molecule has 0 saturated carbocycles. The third kappa shape index (κ3) is 7.85. The Morgan fingerprint density at radius 1 is 0.833 bits per heavy atom. The molecule has 0 atom stereocenters. The van der Waals surface area contributed by atoms with Gasteiger partial charge < -0.3 is 14.8 Å². The molecule has 0 fully saturated rings. The highest BCUT2D eigenvalue weighted by atomic mass is 35.5. The van der Waals surface area contributed by atoms with Crippen molar-refractivity contribution in [1.29, 1.82) is 0 Å². The van der Waals surface area contributed by atoms with Crippen molar-refractivity contribution >= 4 is 34.8 Å². The Hall–Kier alpha value is -1.13. The van der Waals surface area contributed by atoms with Crippen LogP contribution in [0.5, 0.6) is 11.5 Å². The Bertz CT molecular complexity index is 860. The van der Waals surface area contributed by atoms with Gasteiger partial charge in [-0.1, -0.05) is 61.6 Å². The van der Waals surface area contributed by atoms with Crippen molar-refractivity contribution in [2.24, 2.45) is 5.41 Å². The number of hydrogen-bond donors (Lipinski definition) is 1. The molecule has 0 aliphatic heterocycles. The van der Waals surface area contributed by atoms with Crippen molar-refractivity contribution in [3.05, 3.63) is 56.5 Å². The number of nitrogens with one attached hydrogen (secondary N) is 1. The van der Waals surface area contributed by atoms with Crippen molar-refractivity contribution in [1.82, 2.24) is 5.32 Å². The van der Waals surface area contributed by atoms with E-state index in [1.807, 2.05) is 25.1 Å². The van der Waals surface area contributed by atoms with E-state index in [1.165, 1.54) is 0 Å². The largest absolute Gasteiger partial charge is 0.490 e. The highest BCUT2D eigenvalue weighted by molar-refractivity contribution is 6.42. The van der Waals surface area contributed by atoms with E-state index >= 15 is 0 Å². The highest BCUT2D eigenvalue weighted by Gasteiger charge is 2.25. The quantitative estimate of drug-likeness (QED) is 0.402. The fraction of sp³-hybridized carbons (Fsp3) is 0.500. The molecule has 1 N–H and O–H groups in total. The molecule has 0 spiro atoms. The summed E-state index contributed by atoms with van der Waals surface area (Å²) in [6.45, 7) is 14.7. The van der Waals surface area contributed by atoms with Crippen molar-refractivity contribution in [3.63, 3.8) is 0 Å². The van der Waals surface area contributed by atoms with Crippen LogP contribution in [-0.4, -0.2) is 12.1 Å². The molecule has 166 valence electrons. The lowest BCUT2D eigenvalue weighted by Crippen LogP contribution is -2.41. The van der Waals surface area contributed by atoms with E-state index < -0.39 is 0 Å². The van der Waals surface area contributed by atoms with Crippen LogP contribution in [0, 0.1) is 5.41 Å². The van der Waals surface area contributed by atoms with Crippen LogP contribution in [-0.2, 0) is 13.2 Å². The van der Waals surface area contributed by atoms with Crippen LogP contribution < -0.4 is 14.8 Å². The molecule has 0 aliphatic carbocycles. The second-order valence-electron chi connectivity index (χ2n) is 9.35. The number of halogens is 3. The van der Waals surface area contributed by atoms with Crippen LogP contribution in [0.3, 0.4) is 0 Å². The summed E-state index contributed by atoms with van der Waals surface area (Å²) in [5, 5.41) is 5.16. The van der Waals surface area contributed by atoms with Crippen LogP contribution in [0.4, 0.5) is 0 Å². The van der Waals surface area contributed by atoms with E-state index in [-0.39, 0.29) is 11.0 Å². The molecular formula is C24H32Cl3NO2. The summed E-state index contributed by atoms with van der Waals surface area (Å²) < 4.78 is 11.8. The van der Waals surface area contributed by atoms with Crippen molar-refractivity contribution in [3.8, 4) is 11.5 Å². The van der Waals surface area contributed by atoms with Crippen molar-refractivity contribution < 1.29 is 9.47 Å². The Morgan fingerprint density at radius 2 is 1.50 bits per heavy atom. The third-order valence-corrected chi connectivity index (χ3v) is 5.50. The van der Waals surface area contributed by atoms with Crippen LogP contribution >= 0.6 is 34.8 Å². The monoisotopic (exact) mass is 471 g/mol. The first-order chi connectivity index (χ1) is 13.9. The molecule has 0 saturated heterocycles. The standard InChI is InChI=1S/C24H32Cl3NO2/c1-7-29-21-12-17(13-28-24(5,6)15-23(2,3)4)11-20(27)22(21)30-14-16-8-9-18(25)19(26)10-16/h8-12,28H,7,13-15H2,1-6H3. The van der Waals surface area contributed by atoms with Gasteiger partial charge >= 0.3 is 0 Å². The molecule has 0 heterocycles. The number of rotatable bonds is 9. The van der Waals surface area contributed by atoms with E-state index in [9.17, 15) is 0 Å². The normalized spacial score (nSPS) is 12.2. The zero-order valence-corrected chi connectivity index (χ0v) is 20.9. The molecule has 6 heteroatoms. The van der Waals surface area contributed by atoms with Gasteiger partial charge in [0.05, 0.1) is 21.7 Å². The van der Waals surface area contributed by atoms with Gasteiger partial charge in [-0.05, 0) is 68.0 Å². The first-order valence-corrected chi connectivity index (χ1v) is 11.3. The highest BCUT2D eigenvalue weighted by Crippen LogP contribution is 2.38. The van der Waals surface area contributed by atoms with Gasteiger partial charge in [0.2, 0.25) is 0 Å². The van der Waals surface area contributed by atoms with Gasteiger partial charge in [0.1, 0.15) is 6.61 Å². The zero-order valence-electron chi connectivity index (χ0n) is 18.7. The average molecular weight is 473 g/mol. The number of ether oxygens (including phenoxy) is 2. The van der Waals surface area contributed by atoms with Gasteiger partial charge in [-0.15, -0.1) is 0 Å². The molecule has 0 aromatic heterocycles. The number of benzene rings is 2.